The minimum Gasteiger partial charge on any atom is -0.357 e. The zero-order chi connectivity index (χ0) is 26.9. The number of amides is 1. The van der Waals surface area contributed by atoms with Gasteiger partial charge in [-0.15, -0.1) is 11.3 Å². The molecule has 10 heteroatoms. The highest BCUT2D eigenvalue weighted by Gasteiger charge is 2.31. The standard InChI is InChI=1S/C28H24ClF3N4OS/c1-17-25(20-5-3-7-23(29)15-20)34-27(38-17)35-26(37)21-8-9-24(33-16-21)36-12-10-18(11-13-36)19-4-2-6-22(14-19)28(30,31)32/h2-9,14-16,18H,10-13H2,1H3,(H,34,35,37). The van der Waals surface area contributed by atoms with Crippen molar-refractivity contribution in [3.05, 3.63) is 93.5 Å². The molecule has 1 aliphatic rings. The second-order valence-corrected chi connectivity index (χ2v) is 10.8. The van der Waals surface area contributed by atoms with Gasteiger partial charge >= 0.3 is 6.18 Å². The van der Waals surface area contributed by atoms with Crippen LogP contribution in [0.15, 0.2) is 66.9 Å². The number of piperidine rings is 1. The number of carbonyl (C=O) groups is 1. The second kappa shape index (κ2) is 10.7. The first-order valence-electron chi connectivity index (χ1n) is 12.1. The maximum Gasteiger partial charge on any atom is 0.416 e. The summed E-state index contributed by atoms with van der Waals surface area (Å²) in [6.07, 6.45) is -1.36. The SMILES string of the molecule is Cc1sc(NC(=O)c2ccc(N3CCC(c4cccc(C(F)(F)F)c4)CC3)nc2)nc1-c1cccc(Cl)c1. The first-order chi connectivity index (χ1) is 18.2. The van der Waals surface area contributed by atoms with Gasteiger partial charge in [0.1, 0.15) is 5.82 Å². The number of nitrogens with one attached hydrogen (secondary N) is 1. The molecule has 4 aromatic rings. The number of hydrogen-bond donors (Lipinski definition) is 1. The molecular formula is C28H24ClF3N4OS. The number of anilines is 2. The van der Waals surface area contributed by atoms with Crippen molar-refractivity contribution in [1.29, 1.82) is 0 Å². The van der Waals surface area contributed by atoms with E-state index in [4.69, 9.17) is 11.6 Å². The van der Waals surface area contributed by atoms with Crippen molar-refractivity contribution in [3.63, 3.8) is 0 Å². The van der Waals surface area contributed by atoms with Gasteiger partial charge < -0.3 is 4.90 Å². The van der Waals surface area contributed by atoms with Gasteiger partial charge in [-0.05, 0) is 61.6 Å². The average molecular weight is 557 g/mol. The van der Waals surface area contributed by atoms with Crippen molar-refractivity contribution in [1.82, 2.24) is 9.97 Å². The first kappa shape index (κ1) is 26.2. The maximum atomic E-state index is 13.1. The van der Waals surface area contributed by atoms with E-state index in [1.54, 1.807) is 24.3 Å². The Morgan fingerprint density at radius 1 is 1.08 bits per heavy atom. The van der Waals surface area contributed by atoms with Gasteiger partial charge in [0.2, 0.25) is 0 Å². The zero-order valence-electron chi connectivity index (χ0n) is 20.4. The molecule has 196 valence electrons. The Morgan fingerprint density at radius 2 is 1.84 bits per heavy atom. The first-order valence-corrected chi connectivity index (χ1v) is 13.3. The van der Waals surface area contributed by atoms with Gasteiger partial charge in [-0.1, -0.05) is 41.9 Å². The molecular weight excluding hydrogens is 533 g/mol. The topological polar surface area (TPSA) is 58.1 Å². The number of thiazole rings is 1. The summed E-state index contributed by atoms with van der Waals surface area (Å²) in [7, 11) is 0. The average Bonchev–Trinajstić information content (AvgIpc) is 3.28. The van der Waals surface area contributed by atoms with Crippen LogP contribution in [-0.2, 0) is 6.18 Å². The number of aromatic nitrogens is 2. The lowest BCUT2D eigenvalue weighted by atomic mass is 9.88. The van der Waals surface area contributed by atoms with E-state index in [9.17, 15) is 18.0 Å². The summed E-state index contributed by atoms with van der Waals surface area (Å²) in [6.45, 7) is 3.28. The molecule has 5 nitrogen and oxygen atoms in total. The Hall–Kier alpha value is -3.43. The summed E-state index contributed by atoms with van der Waals surface area (Å²) in [4.78, 5) is 24.9. The largest absolute Gasteiger partial charge is 0.416 e. The molecule has 0 radical (unpaired) electrons. The summed E-state index contributed by atoms with van der Waals surface area (Å²) in [6, 6.07) is 16.5. The number of aryl methyl sites for hydroxylation is 1. The molecule has 1 aliphatic heterocycles. The lowest BCUT2D eigenvalue weighted by Gasteiger charge is -2.33. The van der Waals surface area contributed by atoms with Gasteiger partial charge in [0, 0.05) is 34.7 Å². The predicted molar refractivity (Wildman–Crippen MR) is 145 cm³/mol. The third-order valence-electron chi connectivity index (χ3n) is 6.63. The van der Waals surface area contributed by atoms with Crippen LogP contribution in [-0.4, -0.2) is 29.0 Å². The van der Waals surface area contributed by atoms with E-state index in [0.717, 1.165) is 46.4 Å². The number of nitrogens with zero attached hydrogens (tertiary/aromatic N) is 3. The number of rotatable bonds is 5. The fraction of sp³-hybridized carbons (Fsp3) is 0.250. The van der Waals surface area contributed by atoms with Crippen molar-refractivity contribution in [2.45, 2.75) is 31.9 Å². The Bertz CT molecular complexity index is 1450. The van der Waals surface area contributed by atoms with Crippen LogP contribution in [0.5, 0.6) is 0 Å². The predicted octanol–water partition coefficient (Wildman–Crippen LogP) is 7.82. The van der Waals surface area contributed by atoms with Crippen molar-refractivity contribution in [2.24, 2.45) is 0 Å². The highest BCUT2D eigenvalue weighted by Crippen LogP contribution is 2.35. The van der Waals surface area contributed by atoms with E-state index in [0.29, 0.717) is 28.8 Å². The summed E-state index contributed by atoms with van der Waals surface area (Å²) < 4.78 is 39.2. The van der Waals surface area contributed by atoms with E-state index in [-0.39, 0.29) is 11.8 Å². The molecule has 0 bridgehead atoms. The minimum atomic E-state index is -4.34. The van der Waals surface area contributed by atoms with E-state index >= 15 is 0 Å². The van der Waals surface area contributed by atoms with Crippen LogP contribution >= 0.6 is 22.9 Å². The molecule has 1 N–H and O–H groups in total. The Kier molecular flexibility index (Phi) is 7.40. The number of benzene rings is 2. The molecule has 5 rings (SSSR count). The molecule has 0 saturated carbocycles. The zero-order valence-corrected chi connectivity index (χ0v) is 22.0. The second-order valence-electron chi connectivity index (χ2n) is 9.18. The maximum absolute atomic E-state index is 13.1. The van der Waals surface area contributed by atoms with E-state index in [1.807, 2.05) is 25.1 Å². The van der Waals surface area contributed by atoms with Crippen LogP contribution in [0.3, 0.4) is 0 Å². The monoisotopic (exact) mass is 556 g/mol. The van der Waals surface area contributed by atoms with Crippen LogP contribution in [0.4, 0.5) is 24.1 Å². The van der Waals surface area contributed by atoms with Crippen LogP contribution in [0.2, 0.25) is 5.02 Å². The summed E-state index contributed by atoms with van der Waals surface area (Å²) in [5, 5.41) is 3.95. The number of halogens is 4. The summed E-state index contributed by atoms with van der Waals surface area (Å²) in [5.41, 5.74) is 2.17. The highest BCUT2D eigenvalue weighted by atomic mass is 35.5. The molecule has 0 aliphatic carbocycles. The van der Waals surface area contributed by atoms with Crippen LogP contribution < -0.4 is 10.2 Å². The Balaban J connectivity index is 1.20. The van der Waals surface area contributed by atoms with Crippen molar-refractivity contribution in [3.8, 4) is 11.3 Å². The van der Waals surface area contributed by atoms with Crippen molar-refractivity contribution < 1.29 is 18.0 Å². The lowest BCUT2D eigenvalue weighted by molar-refractivity contribution is -0.137. The van der Waals surface area contributed by atoms with Crippen LogP contribution in [0.25, 0.3) is 11.3 Å². The van der Waals surface area contributed by atoms with Crippen molar-refractivity contribution >= 4 is 39.8 Å². The fourth-order valence-corrected chi connectivity index (χ4v) is 5.66. The number of carbonyl (C=O) groups excluding carboxylic acids is 1. The summed E-state index contributed by atoms with van der Waals surface area (Å²) in [5.74, 6) is 0.494. The molecule has 2 aromatic heterocycles. The molecule has 3 heterocycles. The van der Waals surface area contributed by atoms with Crippen molar-refractivity contribution in [2.75, 3.05) is 23.3 Å². The normalized spacial score (nSPS) is 14.5. The fourth-order valence-electron chi connectivity index (χ4n) is 4.64. The van der Waals surface area contributed by atoms with E-state index in [2.05, 4.69) is 20.2 Å². The lowest BCUT2D eigenvalue weighted by Crippen LogP contribution is -2.33. The molecule has 2 aromatic carbocycles. The third kappa shape index (κ3) is 5.84. The van der Waals surface area contributed by atoms with Gasteiger partial charge in [0.05, 0.1) is 16.8 Å². The molecule has 1 amide bonds. The third-order valence-corrected chi connectivity index (χ3v) is 7.75. The quantitative estimate of drug-likeness (QED) is 0.272. The number of alkyl halides is 3. The number of hydrogen-bond acceptors (Lipinski definition) is 5. The Labute approximate surface area is 227 Å². The molecule has 0 atom stereocenters. The van der Waals surface area contributed by atoms with Gasteiger partial charge in [0.25, 0.3) is 5.91 Å². The number of pyridine rings is 1. The van der Waals surface area contributed by atoms with Crippen LogP contribution in [0, 0.1) is 6.92 Å². The van der Waals surface area contributed by atoms with Gasteiger partial charge in [-0.3, -0.25) is 10.1 Å². The smallest absolute Gasteiger partial charge is 0.357 e. The van der Waals surface area contributed by atoms with Crippen LogP contribution in [0.1, 0.15) is 45.1 Å². The van der Waals surface area contributed by atoms with Gasteiger partial charge in [-0.2, -0.15) is 13.2 Å². The molecule has 1 saturated heterocycles. The van der Waals surface area contributed by atoms with Gasteiger partial charge in [-0.25, -0.2) is 9.97 Å². The Morgan fingerprint density at radius 3 is 2.53 bits per heavy atom. The minimum absolute atomic E-state index is 0.0668. The summed E-state index contributed by atoms with van der Waals surface area (Å²) >= 11 is 7.49. The molecule has 0 unspecified atom stereocenters. The van der Waals surface area contributed by atoms with Gasteiger partial charge in [0.15, 0.2) is 5.13 Å². The van der Waals surface area contributed by atoms with E-state index in [1.165, 1.54) is 29.7 Å². The van der Waals surface area contributed by atoms with E-state index < -0.39 is 11.7 Å². The highest BCUT2D eigenvalue weighted by molar-refractivity contribution is 7.16. The molecule has 1 fully saturated rings. The molecule has 38 heavy (non-hydrogen) atoms. The molecule has 0 spiro atoms.